The van der Waals surface area contributed by atoms with Gasteiger partial charge in [0.15, 0.2) is 5.82 Å². The van der Waals surface area contributed by atoms with Crippen LogP contribution < -0.4 is 0 Å². The number of carbonyl (C=O) groups excluding carboxylic acids is 1. The summed E-state index contributed by atoms with van der Waals surface area (Å²) in [5.74, 6) is 0.380. The van der Waals surface area contributed by atoms with E-state index in [2.05, 4.69) is 15.0 Å². The van der Waals surface area contributed by atoms with Gasteiger partial charge in [0.05, 0.1) is 0 Å². The Morgan fingerprint density at radius 1 is 1.70 bits per heavy atom. The molecule has 0 aliphatic carbocycles. The van der Waals surface area contributed by atoms with Gasteiger partial charge in [-0.3, -0.25) is 0 Å². The second-order valence-corrected chi connectivity index (χ2v) is 1.73. The Labute approximate surface area is 57.7 Å². The van der Waals surface area contributed by atoms with E-state index in [9.17, 15) is 4.79 Å². The molecule has 0 saturated heterocycles. The van der Waals surface area contributed by atoms with Crippen molar-refractivity contribution in [2.24, 2.45) is 4.99 Å². The highest BCUT2D eigenvalue weighted by Crippen LogP contribution is 2.09. The molecular weight excluding hydrogens is 130 g/mol. The summed E-state index contributed by atoms with van der Waals surface area (Å²) in [5, 5.41) is 0. The zero-order valence-electron chi connectivity index (χ0n) is 5.40. The second-order valence-electron chi connectivity index (χ2n) is 1.73. The van der Waals surface area contributed by atoms with E-state index in [1.807, 2.05) is 0 Å². The molecule has 0 saturated carbocycles. The third-order valence-corrected chi connectivity index (χ3v) is 1.02. The first-order valence-corrected chi connectivity index (χ1v) is 2.69. The highest BCUT2D eigenvalue weighted by molar-refractivity contribution is 5.46. The van der Waals surface area contributed by atoms with Crippen molar-refractivity contribution in [1.82, 2.24) is 9.97 Å². The first-order valence-electron chi connectivity index (χ1n) is 2.69. The zero-order chi connectivity index (χ0) is 7.40. The summed E-state index contributed by atoms with van der Waals surface area (Å²) in [6.45, 7) is 1.77. The van der Waals surface area contributed by atoms with E-state index in [-0.39, 0.29) is 0 Å². The van der Waals surface area contributed by atoms with E-state index in [1.54, 1.807) is 13.1 Å². The Morgan fingerprint density at radius 3 is 3.10 bits per heavy atom. The third-order valence-electron chi connectivity index (χ3n) is 1.02. The fourth-order valence-corrected chi connectivity index (χ4v) is 0.553. The fraction of sp³-hybridized carbons (Fsp3) is 0.167. The Morgan fingerprint density at radius 2 is 2.50 bits per heavy atom. The van der Waals surface area contributed by atoms with Gasteiger partial charge in [-0.05, 0) is 6.92 Å². The molecule has 1 rings (SSSR count). The summed E-state index contributed by atoms with van der Waals surface area (Å²) < 4.78 is 0. The van der Waals surface area contributed by atoms with Crippen LogP contribution in [-0.4, -0.2) is 16.0 Å². The van der Waals surface area contributed by atoms with Gasteiger partial charge in [0.2, 0.25) is 6.08 Å². The van der Waals surface area contributed by atoms with Crippen LogP contribution in [0.25, 0.3) is 0 Å². The molecule has 0 fully saturated rings. The molecule has 0 spiro atoms. The van der Waals surface area contributed by atoms with Gasteiger partial charge in [-0.2, -0.15) is 0 Å². The SMILES string of the molecule is Cc1cncnc1N=C=O. The van der Waals surface area contributed by atoms with E-state index in [1.165, 1.54) is 12.4 Å². The van der Waals surface area contributed by atoms with Gasteiger partial charge in [0.1, 0.15) is 6.33 Å². The molecule has 1 heterocycles. The van der Waals surface area contributed by atoms with Crippen LogP contribution in [0.3, 0.4) is 0 Å². The predicted molar refractivity (Wildman–Crippen MR) is 34.6 cm³/mol. The van der Waals surface area contributed by atoms with Crippen LogP contribution in [0.5, 0.6) is 0 Å². The summed E-state index contributed by atoms with van der Waals surface area (Å²) >= 11 is 0. The Bertz CT molecular complexity index is 278. The van der Waals surface area contributed by atoms with Crippen molar-refractivity contribution in [2.75, 3.05) is 0 Å². The van der Waals surface area contributed by atoms with Gasteiger partial charge in [-0.1, -0.05) is 0 Å². The predicted octanol–water partition coefficient (Wildman–Crippen LogP) is 0.752. The number of hydrogen-bond acceptors (Lipinski definition) is 4. The fourth-order valence-electron chi connectivity index (χ4n) is 0.553. The van der Waals surface area contributed by atoms with Crippen molar-refractivity contribution in [3.8, 4) is 0 Å². The summed E-state index contributed by atoms with van der Waals surface area (Å²) in [4.78, 5) is 20.6. The molecule has 0 aromatic carbocycles. The highest BCUT2D eigenvalue weighted by atomic mass is 16.1. The number of nitrogens with zero attached hydrogens (tertiary/aromatic N) is 3. The molecule has 0 N–H and O–H groups in total. The molecule has 10 heavy (non-hydrogen) atoms. The lowest BCUT2D eigenvalue weighted by Gasteiger charge is -1.90. The molecule has 1 aromatic heterocycles. The Kier molecular flexibility index (Phi) is 1.87. The molecule has 50 valence electrons. The number of aromatic nitrogens is 2. The van der Waals surface area contributed by atoms with Crippen molar-refractivity contribution >= 4 is 11.9 Å². The summed E-state index contributed by atoms with van der Waals surface area (Å²) in [7, 11) is 0. The van der Waals surface area contributed by atoms with Gasteiger partial charge in [0, 0.05) is 11.8 Å². The summed E-state index contributed by atoms with van der Waals surface area (Å²) in [6.07, 6.45) is 4.33. The molecular formula is C6H5N3O. The van der Waals surface area contributed by atoms with Crippen LogP contribution in [0, 0.1) is 6.92 Å². The standard InChI is InChI=1S/C6H5N3O/c1-5-2-7-3-8-6(5)9-4-10/h2-3H,1H3. The summed E-state index contributed by atoms with van der Waals surface area (Å²) in [5.41, 5.74) is 0.769. The average Bonchev–Trinajstić information content (AvgIpc) is 1.94. The molecule has 0 amide bonds. The second kappa shape index (κ2) is 2.85. The minimum Gasteiger partial charge on any atom is -0.244 e. The molecule has 0 aliphatic heterocycles. The lowest BCUT2D eigenvalue weighted by atomic mass is 10.4. The van der Waals surface area contributed by atoms with Gasteiger partial charge in [-0.25, -0.2) is 14.8 Å². The molecule has 0 aliphatic rings. The molecule has 1 aromatic rings. The van der Waals surface area contributed by atoms with Gasteiger partial charge in [-0.15, -0.1) is 4.99 Å². The van der Waals surface area contributed by atoms with Crippen LogP contribution in [0.1, 0.15) is 5.56 Å². The number of hydrogen-bond donors (Lipinski definition) is 0. The largest absolute Gasteiger partial charge is 0.244 e. The lowest BCUT2D eigenvalue weighted by molar-refractivity contribution is 0.565. The number of isocyanates is 1. The number of aliphatic imine (C=N–C) groups is 1. The molecule has 0 radical (unpaired) electrons. The molecule has 0 atom stereocenters. The van der Waals surface area contributed by atoms with Crippen LogP contribution in [0.15, 0.2) is 17.5 Å². The normalized spacial score (nSPS) is 8.50. The molecule has 0 unspecified atom stereocenters. The number of aryl methyl sites for hydroxylation is 1. The maximum atomic E-state index is 9.77. The Balaban J connectivity index is 3.14. The van der Waals surface area contributed by atoms with Crippen molar-refractivity contribution < 1.29 is 4.79 Å². The minimum absolute atomic E-state index is 0.380. The van der Waals surface area contributed by atoms with E-state index in [0.717, 1.165) is 5.56 Å². The van der Waals surface area contributed by atoms with Gasteiger partial charge >= 0.3 is 0 Å². The first kappa shape index (κ1) is 6.58. The Hall–Kier alpha value is -1.54. The monoisotopic (exact) mass is 135 g/mol. The zero-order valence-corrected chi connectivity index (χ0v) is 5.40. The van der Waals surface area contributed by atoms with Crippen LogP contribution >= 0.6 is 0 Å². The first-order chi connectivity index (χ1) is 4.84. The maximum Gasteiger partial charge on any atom is 0.242 e. The van der Waals surface area contributed by atoms with Gasteiger partial charge < -0.3 is 0 Å². The average molecular weight is 135 g/mol. The van der Waals surface area contributed by atoms with Crippen molar-refractivity contribution in [2.45, 2.75) is 6.92 Å². The summed E-state index contributed by atoms with van der Waals surface area (Å²) in [6, 6.07) is 0. The van der Waals surface area contributed by atoms with E-state index in [4.69, 9.17) is 0 Å². The van der Waals surface area contributed by atoms with Crippen molar-refractivity contribution in [3.05, 3.63) is 18.1 Å². The van der Waals surface area contributed by atoms with Crippen molar-refractivity contribution in [3.63, 3.8) is 0 Å². The minimum atomic E-state index is 0.380. The number of rotatable bonds is 1. The van der Waals surface area contributed by atoms with E-state index < -0.39 is 0 Å². The molecule has 4 heteroatoms. The third kappa shape index (κ3) is 1.24. The van der Waals surface area contributed by atoms with Crippen LogP contribution in [0.2, 0.25) is 0 Å². The van der Waals surface area contributed by atoms with E-state index in [0.29, 0.717) is 5.82 Å². The van der Waals surface area contributed by atoms with Crippen LogP contribution in [-0.2, 0) is 4.79 Å². The van der Waals surface area contributed by atoms with Gasteiger partial charge in [0.25, 0.3) is 0 Å². The highest BCUT2D eigenvalue weighted by Gasteiger charge is 1.93. The maximum absolute atomic E-state index is 9.77. The quantitative estimate of drug-likeness (QED) is 0.421. The molecule has 0 bridgehead atoms. The van der Waals surface area contributed by atoms with E-state index >= 15 is 0 Å². The van der Waals surface area contributed by atoms with Crippen molar-refractivity contribution in [1.29, 1.82) is 0 Å². The molecule has 4 nitrogen and oxygen atoms in total. The smallest absolute Gasteiger partial charge is 0.242 e. The van der Waals surface area contributed by atoms with Crippen LogP contribution in [0.4, 0.5) is 5.82 Å². The topological polar surface area (TPSA) is 55.2 Å². The lowest BCUT2D eigenvalue weighted by Crippen LogP contribution is -1.80.